The zero-order valence-corrected chi connectivity index (χ0v) is 18.7. The lowest BCUT2D eigenvalue weighted by molar-refractivity contribution is 0.104. The van der Waals surface area contributed by atoms with E-state index in [2.05, 4.69) is 24.2 Å². The molecule has 0 amide bonds. The van der Waals surface area contributed by atoms with Crippen LogP contribution in [0.25, 0.3) is 22.2 Å². The number of halogens is 1. The van der Waals surface area contributed by atoms with Gasteiger partial charge in [0.25, 0.3) is 0 Å². The van der Waals surface area contributed by atoms with Gasteiger partial charge in [0, 0.05) is 22.9 Å². The molecule has 0 bridgehead atoms. The fourth-order valence-electron chi connectivity index (χ4n) is 3.94. The predicted molar refractivity (Wildman–Crippen MR) is 132 cm³/mol. The topological polar surface area (TPSA) is 75.7 Å². The van der Waals surface area contributed by atoms with Gasteiger partial charge in [-0.05, 0) is 48.2 Å². The lowest BCUT2D eigenvalue weighted by atomic mass is 10.0. The standard InChI is InChI=1S/C17H16FNO3.C10H12O.CH4/c1-2-13(20)10-21-14-5-3-4-11(8-14)17-15-7-6-12(18)9-16(15)22-19-17;1-7-9-5-3-2-4-8(9)6-10(7)11;/h3-9,13,20H,2,10H2,1H3;2-5,7,10-11H,6H2,1H3;1H4. The molecule has 0 fully saturated rings. The van der Waals surface area contributed by atoms with Crippen LogP contribution in [0.4, 0.5) is 4.39 Å². The zero-order valence-electron chi connectivity index (χ0n) is 18.7. The summed E-state index contributed by atoms with van der Waals surface area (Å²) in [7, 11) is 0. The average Bonchev–Trinajstić information content (AvgIpc) is 3.38. The van der Waals surface area contributed by atoms with Gasteiger partial charge in [-0.1, -0.05) is 62.8 Å². The number of hydrogen-bond donors (Lipinski definition) is 2. The largest absolute Gasteiger partial charge is 0.491 e. The summed E-state index contributed by atoms with van der Waals surface area (Å²) >= 11 is 0. The second-order valence-electron chi connectivity index (χ2n) is 8.33. The van der Waals surface area contributed by atoms with E-state index in [0.717, 1.165) is 17.4 Å². The van der Waals surface area contributed by atoms with Crippen LogP contribution in [-0.4, -0.2) is 34.2 Å². The van der Waals surface area contributed by atoms with E-state index in [4.69, 9.17) is 9.26 Å². The van der Waals surface area contributed by atoms with Crippen molar-refractivity contribution in [2.45, 2.75) is 52.2 Å². The number of benzene rings is 3. The van der Waals surface area contributed by atoms with E-state index < -0.39 is 6.10 Å². The number of fused-ring (bicyclic) bond motifs is 2. The Morgan fingerprint density at radius 1 is 1.12 bits per heavy atom. The molecule has 2 N–H and O–H groups in total. The summed E-state index contributed by atoms with van der Waals surface area (Å²) in [6.45, 7) is 4.21. The first-order valence-electron chi connectivity index (χ1n) is 11.2. The minimum absolute atomic E-state index is 0. The van der Waals surface area contributed by atoms with E-state index in [1.165, 1.54) is 23.3 Å². The minimum Gasteiger partial charge on any atom is -0.491 e. The highest BCUT2D eigenvalue weighted by Gasteiger charge is 2.26. The number of ether oxygens (including phenoxy) is 1. The molecule has 0 saturated carbocycles. The van der Waals surface area contributed by atoms with Crippen molar-refractivity contribution in [1.29, 1.82) is 0 Å². The summed E-state index contributed by atoms with van der Waals surface area (Å²) < 4.78 is 23.9. The Bertz CT molecular complexity index is 1220. The molecule has 0 aliphatic heterocycles. The number of nitrogens with zero attached hydrogens (tertiary/aromatic N) is 1. The van der Waals surface area contributed by atoms with Gasteiger partial charge in [0.15, 0.2) is 5.58 Å². The number of aliphatic hydroxyl groups excluding tert-OH is 2. The lowest BCUT2D eigenvalue weighted by Crippen LogP contribution is -2.15. The Morgan fingerprint density at radius 3 is 2.68 bits per heavy atom. The molecule has 5 rings (SSSR count). The minimum atomic E-state index is -0.487. The first-order chi connectivity index (χ1) is 16.0. The molecular formula is C28H32FNO4. The third kappa shape index (κ3) is 5.64. The maximum atomic E-state index is 13.2. The Labute approximate surface area is 199 Å². The second kappa shape index (κ2) is 11.3. The molecule has 1 aromatic heterocycles. The van der Waals surface area contributed by atoms with E-state index >= 15 is 0 Å². The average molecular weight is 466 g/mol. The van der Waals surface area contributed by atoms with Gasteiger partial charge in [0.1, 0.15) is 23.9 Å². The van der Waals surface area contributed by atoms with Crippen LogP contribution < -0.4 is 4.74 Å². The van der Waals surface area contributed by atoms with E-state index in [-0.39, 0.29) is 26.0 Å². The van der Waals surface area contributed by atoms with Gasteiger partial charge in [-0.15, -0.1) is 0 Å². The highest BCUT2D eigenvalue weighted by molar-refractivity contribution is 5.91. The van der Waals surface area contributed by atoms with Crippen LogP contribution in [0.15, 0.2) is 71.3 Å². The molecule has 1 aliphatic rings. The summed E-state index contributed by atoms with van der Waals surface area (Å²) in [5, 5.41) is 23.8. The molecule has 1 heterocycles. The van der Waals surface area contributed by atoms with Crippen LogP contribution in [0.5, 0.6) is 5.75 Å². The van der Waals surface area contributed by atoms with Crippen LogP contribution in [0.3, 0.4) is 0 Å². The van der Waals surface area contributed by atoms with Gasteiger partial charge in [-0.3, -0.25) is 0 Å². The molecule has 6 heteroatoms. The van der Waals surface area contributed by atoms with E-state index in [1.54, 1.807) is 6.07 Å². The van der Waals surface area contributed by atoms with Crippen molar-refractivity contribution < 1.29 is 23.9 Å². The Hall–Kier alpha value is -3.22. The molecule has 5 nitrogen and oxygen atoms in total. The summed E-state index contributed by atoms with van der Waals surface area (Å²) in [6.07, 6.45) is 0.822. The summed E-state index contributed by atoms with van der Waals surface area (Å²) in [5.74, 6) is 0.607. The van der Waals surface area contributed by atoms with E-state index in [9.17, 15) is 14.6 Å². The molecule has 180 valence electrons. The SMILES string of the molecule is C.CC1c2ccccc2CC1O.CCC(O)COc1cccc(-c2noc3cc(F)ccc23)c1. The smallest absolute Gasteiger partial charge is 0.170 e. The van der Waals surface area contributed by atoms with Gasteiger partial charge in [-0.2, -0.15) is 0 Å². The van der Waals surface area contributed by atoms with Crippen LogP contribution in [-0.2, 0) is 6.42 Å². The van der Waals surface area contributed by atoms with Crippen molar-refractivity contribution in [2.24, 2.45) is 0 Å². The maximum absolute atomic E-state index is 13.2. The number of aliphatic hydroxyl groups is 2. The van der Waals surface area contributed by atoms with Crippen LogP contribution in [0.1, 0.15) is 44.7 Å². The normalized spacial score (nSPS) is 17.3. The fraction of sp³-hybridized carbons (Fsp3) is 0.321. The van der Waals surface area contributed by atoms with Gasteiger partial charge in [0.2, 0.25) is 0 Å². The molecule has 3 unspecified atom stereocenters. The first-order valence-corrected chi connectivity index (χ1v) is 11.2. The van der Waals surface area contributed by atoms with Gasteiger partial charge < -0.3 is 19.5 Å². The van der Waals surface area contributed by atoms with Crippen molar-refractivity contribution in [3.63, 3.8) is 0 Å². The molecule has 4 aromatic rings. The Balaban J connectivity index is 0.000000227. The molecule has 0 spiro atoms. The molecule has 0 radical (unpaired) electrons. The van der Waals surface area contributed by atoms with E-state index in [0.29, 0.717) is 29.4 Å². The van der Waals surface area contributed by atoms with Crippen molar-refractivity contribution >= 4 is 11.0 Å². The van der Waals surface area contributed by atoms with Crippen molar-refractivity contribution in [3.8, 4) is 17.0 Å². The predicted octanol–water partition coefficient (Wildman–Crippen LogP) is 6.13. The van der Waals surface area contributed by atoms with Gasteiger partial charge >= 0.3 is 0 Å². The summed E-state index contributed by atoms with van der Waals surface area (Å²) in [6, 6.07) is 20.0. The van der Waals surface area contributed by atoms with Crippen molar-refractivity contribution in [1.82, 2.24) is 5.16 Å². The lowest BCUT2D eigenvalue weighted by Gasteiger charge is -2.10. The number of rotatable bonds is 5. The van der Waals surface area contributed by atoms with E-state index in [1.807, 2.05) is 43.3 Å². The van der Waals surface area contributed by atoms with Crippen molar-refractivity contribution in [2.75, 3.05) is 6.61 Å². The summed E-state index contributed by atoms with van der Waals surface area (Å²) in [4.78, 5) is 0. The third-order valence-corrected chi connectivity index (χ3v) is 6.01. The van der Waals surface area contributed by atoms with Crippen LogP contribution in [0.2, 0.25) is 0 Å². The Morgan fingerprint density at radius 2 is 1.91 bits per heavy atom. The Kier molecular flexibility index (Phi) is 8.42. The van der Waals surface area contributed by atoms with Gasteiger partial charge in [0.05, 0.1) is 12.2 Å². The number of aromatic nitrogens is 1. The van der Waals surface area contributed by atoms with Crippen LogP contribution >= 0.6 is 0 Å². The first kappa shape index (κ1) is 25.4. The maximum Gasteiger partial charge on any atom is 0.170 e. The van der Waals surface area contributed by atoms with Crippen LogP contribution in [0, 0.1) is 5.82 Å². The molecular weight excluding hydrogens is 433 g/mol. The third-order valence-electron chi connectivity index (χ3n) is 6.01. The quantitative estimate of drug-likeness (QED) is 0.371. The second-order valence-corrected chi connectivity index (χ2v) is 8.33. The van der Waals surface area contributed by atoms with Gasteiger partial charge in [-0.25, -0.2) is 4.39 Å². The van der Waals surface area contributed by atoms with Crippen molar-refractivity contribution in [3.05, 3.63) is 83.7 Å². The highest BCUT2D eigenvalue weighted by atomic mass is 19.1. The highest BCUT2D eigenvalue weighted by Crippen LogP contribution is 2.32. The monoisotopic (exact) mass is 465 g/mol. The molecule has 3 atom stereocenters. The molecule has 3 aromatic carbocycles. The zero-order chi connectivity index (χ0) is 23.4. The molecule has 34 heavy (non-hydrogen) atoms. The summed E-state index contributed by atoms with van der Waals surface area (Å²) in [5.41, 5.74) is 4.49. The fourth-order valence-corrected chi connectivity index (χ4v) is 3.94. The molecule has 0 saturated heterocycles. The number of hydrogen-bond acceptors (Lipinski definition) is 5. The molecule has 1 aliphatic carbocycles.